The number of nitrogens with one attached hydrogen (secondary N) is 1. The van der Waals surface area contributed by atoms with Crippen molar-refractivity contribution in [3.05, 3.63) is 35.9 Å². The quantitative estimate of drug-likeness (QED) is 0.732. The Kier molecular flexibility index (Phi) is 1.99. The molecular formula is C10H8N4. The number of nitrogens with zero attached hydrogens (tertiary/aromatic N) is 3. The lowest BCUT2D eigenvalue weighted by Crippen LogP contribution is -1.94. The number of rotatable bonds is 1. The van der Waals surface area contributed by atoms with Crippen LogP contribution in [0.5, 0.6) is 0 Å². The van der Waals surface area contributed by atoms with Gasteiger partial charge in [0.1, 0.15) is 6.07 Å². The zero-order valence-electron chi connectivity index (χ0n) is 7.65. The fraction of sp³-hybridized carbons (Fsp3) is 0.100. The van der Waals surface area contributed by atoms with Crippen LogP contribution in [0.25, 0.3) is 11.4 Å². The maximum Gasteiger partial charge on any atom is 0.233 e. The minimum Gasteiger partial charge on any atom is -0.360 e. The molecule has 0 bridgehead atoms. The van der Waals surface area contributed by atoms with E-state index in [1.165, 1.54) is 0 Å². The summed E-state index contributed by atoms with van der Waals surface area (Å²) >= 11 is 0. The highest BCUT2D eigenvalue weighted by molar-refractivity contribution is 5.54. The van der Waals surface area contributed by atoms with Gasteiger partial charge in [0.15, 0.2) is 0 Å². The Morgan fingerprint density at radius 3 is 2.93 bits per heavy atom. The molecule has 0 aromatic carbocycles. The second-order valence-corrected chi connectivity index (χ2v) is 2.91. The van der Waals surface area contributed by atoms with Crippen molar-refractivity contribution in [3.8, 4) is 17.5 Å². The van der Waals surface area contributed by atoms with Crippen LogP contribution >= 0.6 is 0 Å². The van der Waals surface area contributed by atoms with Crippen molar-refractivity contribution in [1.82, 2.24) is 15.0 Å². The Labute approximate surface area is 81.3 Å². The van der Waals surface area contributed by atoms with Gasteiger partial charge in [0, 0.05) is 11.9 Å². The second kappa shape index (κ2) is 3.30. The highest BCUT2D eigenvalue weighted by atomic mass is 14.9. The van der Waals surface area contributed by atoms with Crippen LogP contribution in [0.3, 0.4) is 0 Å². The van der Waals surface area contributed by atoms with E-state index in [1.54, 1.807) is 0 Å². The first kappa shape index (κ1) is 8.45. The summed E-state index contributed by atoms with van der Waals surface area (Å²) in [6.45, 7) is 1.84. The van der Waals surface area contributed by atoms with Crippen molar-refractivity contribution in [1.29, 1.82) is 5.26 Å². The lowest BCUT2D eigenvalue weighted by atomic mass is 10.2. The summed E-state index contributed by atoms with van der Waals surface area (Å²) in [7, 11) is 0. The number of hydrogen-bond acceptors (Lipinski definition) is 3. The lowest BCUT2D eigenvalue weighted by Gasteiger charge is -1.98. The molecule has 0 radical (unpaired) electrons. The minimum atomic E-state index is 0.203. The predicted molar refractivity (Wildman–Crippen MR) is 51.3 cm³/mol. The molecule has 14 heavy (non-hydrogen) atoms. The fourth-order valence-corrected chi connectivity index (χ4v) is 1.25. The summed E-state index contributed by atoms with van der Waals surface area (Å²) in [6, 6.07) is 7.57. The Bertz CT molecular complexity index is 479. The molecule has 2 heterocycles. The van der Waals surface area contributed by atoms with Crippen molar-refractivity contribution in [2.45, 2.75) is 6.92 Å². The number of hydrogen-bond donors (Lipinski definition) is 1. The average molecular weight is 184 g/mol. The molecule has 0 aliphatic carbocycles. The summed E-state index contributed by atoms with van der Waals surface area (Å²) in [4.78, 5) is 11.1. The van der Waals surface area contributed by atoms with Gasteiger partial charge >= 0.3 is 0 Å². The van der Waals surface area contributed by atoms with Gasteiger partial charge in [-0.3, -0.25) is 0 Å². The zero-order chi connectivity index (χ0) is 9.97. The standard InChI is InChI=1S/C10H8N4/c1-7-5-9(8-3-2-4-12-8)14-10(6-11)13-7/h2-5,12H,1H3. The third kappa shape index (κ3) is 1.48. The summed E-state index contributed by atoms with van der Waals surface area (Å²) in [5.41, 5.74) is 2.44. The van der Waals surface area contributed by atoms with Crippen LogP contribution < -0.4 is 0 Å². The number of H-pyrrole nitrogens is 1. The first-order valence-electron chi connectivity index (χ1n) is 4.19. The number of aromatic nitrogens is 3. The van der Waals surface area contributed by atoms with Gasteiger partial charge in [-0.15, -0.1) is 0 Å². The SMILES string of the molecule is Cc1cc(-c2ccc[nH]2)nc(C#N)n1. The van der Waals surface area contributed by atoms with Crippen molar-refractivity contribution >= 4 is 0 Å². The normalized spacial score (nSPS) is 9.71. The highest BCUT2D eigenvalue weighted by Crippen LogP contribution is 2.14. The maximum absolute atomic E-state index is 8.70. The molecule has 2 rings (SSSR count). The molecule has 0 atom stereocenters. The van der Waals surface area contributed by atoms with Crippen molar-refractivity contribution in [2.24, 2.45) is 0 Å². The van der Waals surface area contributed by atoms with E-state index < -0.39 is 0 Å². The molecule has 0 aliphatic rings. The Morgan fingerprint density at radius 2 is 2.29 bits per heavy atom. The van der Waals surface area contributed by atoms with E-state index >= 15 is 0 Å². The fourth-order valence-electron chi connectivity index (χ4n) is 1.25. The Hall–Kier alpha value is -2.15. The lowest BCUT2D eigenvalue weighted by molar-refractivity contribution is 1.06. The van der Waals surface area contributed by atoms with E-state index in [0.717, 1.165) is 17.1 Å². The molecule has 0 saturated heterocycles. The summed E-state index contributed by atoms with van der Waals surface area (Å²) in [5.74, 6) is 0.203. The van der Waals surface area contributed by atoms with Crippen LogP contribution in [0.2, 0.25) is 0 Å². The summed E-state index contributed by atoms with van der Waals surface area (Å²) in [6.07, 6.45) is 1.82. The zero-order valence-corrected chi connectivity index (χ0v) is 7.65. The predicted octanol–water partition coefficient (Wildman–Crippen LogP) is 1.65. The molecule has 4 heteroatoms. The molecule has 0 spiro atoms. The van der Waals surface area contributed by atoms with Gasteiger partial charge in [-0.2, -0.15) is 5.26 Å². The second-order valence-electron chi connectivity index (χ2n) is 2.91. The number of aryl methyl sites for hydroxylation is 1. The van der Waals surface area contributed by atoms with E-state index in [1.807, 2.05) is 37.4 Å². The van der Waals surface area contributed by atoms with Crippen LogP contribution in [-0.2, 0) is 0 Å². The van der Waals surface area contributed by atoms with E-state index in [0.29, 0.717) is 0 Å². The number of aromatic amines is 1. The molecule has 4 nitrogen and oxygen atoms in total. The molecule has 68 valence electrons. The number of nitriles is 1. The van der Waals surface area contributed by atoms with E-state index in [9.17, 15) is 0 Å². The summed E-state index contributed by atoms with van der Waals surface area (Å²) < 4.78 is 0. The van der Waals surface area contributed by atoms with E-state index in [-0.39, 0.29) is 5.82 Å². The van der Waals surface area contributed by atoms with E-state index in [4.69, 9.17) is 5.26 Å². The van der Waals surface area contributed by atoms with Gasteiger partial charge in [0.05, 0.1) is 11.4 Å². The van der Waals surface area contributed by atoms with Crippen LogP contribution in [-0.4, -0.2) is 15.0 Å². The van der Waals surface area contributed by atoms with Crippen LogP contribution in [0, 0.1) is 18.3 Å². The van der Waals surface area contributed by atoms with E-state index in [2.05, 4.69) is 15.0 Å². The largest absolute Gasteiger partial charge is 0.360 e. The summed E-state index contributed by atoms with van der Waals surface area (Å²) in [5, 5.41) is 8.70. The Morgan fingerprint density at radius 1 is 1.43 bits per heavy atom. The average Bonchev–Trinajstić information content (AvgIpc) is 2.69. The molecule has 0 aliphatic heterocycles. The minimum absolute atomic E-state index is 0.203. The molecule has 0 saturated carbocycles. The smallest absolute Gasteiger partial charge is 0.233 e. The van der Waals surface area contributed by atoms with Gasteiger partial charge < -0.3 is 4.98 Å². The monoisotopic (exact) mass is 184 g/mol. The van der Waals surface area contributed by atoms with Crippen molar-refractivity contribution in [3.63, 3.8) is 0 Å². The molecule has 2 aromatic rings. The van der Waals surface area contributed by atoms with Crippen molar-refractivity contribution < 1.29 is 0 Å². The van der Waals surface area contributed by atoms with Crippen LogP contribution in [0.15, 0.2) is 24.4 Å². The van der Waals surface area contributed by atoms with Crippen LogP contribution in [0.4, 0.5) is 0 Å². The Balaban J connectivity index is 2.55. The van der Waals surface area contributed by atoms with Gasteiger partial charge in [-0.25, -0.2) is 9.97 Å². The first-order valence-corrected chi connectivity index (χ1v) is 4.19. The molecule has 2 aromatic heterocycles. The van der Waals surface area contributed by atoms with Gasteiger partial charge in [-0.1, -0.05) is 0 Å². The van der Waals surface area contributed by atoms with Gasteiger partial charge in [0.2, 0.25) is 5.82 Å². The molecule has 0 fully saturated rings. The van der Waals surface area contributed by atoms with Gasteiger partial charge in [-0.05, 0) is 25.1 Å². The molecule has 1 N–H and O–H groups in total. The molecule has 0 unspecified atom stereocenters. The van der Waals surface area contributed by atoms with Crippen LogP contribution in [0.1, 0.15) is 11.5 Å². The topological polar surface area (TPSA) is 65.4 Å². The van der Waals surface area contributed by atoms with Crippen molar-refractivity contribution in [2.75, 3.05) is 0 Å². The third-order valence-corrected chi connectivity index (χ3v) is 1.83. The molecular weight excluding hydrogens is 176 g/mol. The van der Waals surface area contributed by atoms with Gasteiger partial charge in [0.25, 0.3) is 0 Å². The highest BCUT2D eigenvalue weighted by Gasteiger charge is 2.03. The third-order valence-electron chi connectivity index (χ3n) is 1.83. The maximum atomic E-state index is 8.70. The molecule has 0 amide bonds. The first-order chi connectivity index (χ1) is 6.79.